The van der Waals surface area contributed by atoms with Gasteiger partial charge in [-0.2, -0.15) is 4.98 Å². The highest BCUT2D eigenvalue weighted by atomic mass is 15.2. The van der Waals surface area contributed by atoms with Crippen LogP contribution in [0, 0.1) is 0 Å². The molecule has 2 atom stereocenters. The standard InChI is InChI=1S/C13H23N5/c1-18(2)13-15-9-8-12(17-13)16-11-7-5-3-4-6-10(11)14/h8-11H,3-7,14H2,1-2H3,(H,15,16,17). The van der Waals surface area contributed by atoms with Gasteiger partial charge < -0.3 is 16.0 Å². The molecule has 1 heterocycles. The van der Waals surface area contributed by atoms with Crippen molar-refractivity contribution in [2.45, 2.75) is 44.2 Å². The van der Waals surface area contributed by atoms with Gasteiger partial charge in [-0.05, 0) is 18.9 Å². The average molecular weight is 249 g/mol. The van der Waals surface area contributed by atoms with Gasteiger partial charge in [-0.3, -0.25) is 0 Å². The Morgan fingerprint density at radius 2 is 2.06 bits per heavy atom. The van der Waals surface area contributed by atoms with Crippen molar-refractivity contribution in [1.29, 1.82) is 0 Å². The quantitative estimate of drug-likeness (QED) is 0.797. The van der Waals surface area contributed by atoms with Crippen LogP contribution in [0.5, 0.6) is 0 Å². The van der Waals surface area contributed by atoms with Crippen molar-refractivity contribution in [2.75, 3.05) is 24.3 Å². The fraction of sp³-hybridized carbons (Fsp3) is 0.692. The highest BCUT2D eigenvalue weighted by Gasteiger charge is 2.20. The van der Waals surface area contributed by atoms with Crippen LogP contribution < -0.4 is 16.0 Å². The average Bonchev–Trinajstić information content (AvgIpc) is 2.55. The minimum absolute atomic E-state index is 0.227. The summed E-state index contributed by atoms with van der Waals surface area (Å²) < 4.78 is 0. The molecule has 0 bridgehead atoms. The number of rotatable bonds is 3. The number of nitrogens with zero attached hydrogens (tertiary/aromatic N) is 3. The number of nitrogens with one attached hydrogen (secondary N) is 1. The SMILES string of the molecule is CN(C)c1nccc(NC2CCCCCC2N)n1. The first-order chi connectivity index (χ1) is 8.66. The predicted molar refractivity (Wildman–Crippen MR) is 74.8 cm³/mol. The molecule has 0 saturated heterocycles. The second-order valence-electron chi connectivity index (χ2n) is 5.19. The van der Waals surface area contributed by atoms with E-state index in [1.165, 1.54) is 19.3 Å². The molecule has 18 heavy (non-hydrogen) atoms. The maximum absolute atomic E-state index is 6.21. The summed E-state index contributed by atoms with van der Waals surface area (Å²) in [5.74, 6) is 1.60. The van der Waals surface area contributed by atoms with E-state index in [0.29, 0.717) is 6.04 Å². The van der Waals surface area contributed by atoms with Gasteiger partial charge in [0.1, 0.15) is 5.82 Å². The Labute approximate surface area is 109 Å². The lowest BCUT2D eigenvalue weighted by molar-refractivity contribution is 0.527. The van der Waals surface area contributed by atoms with Gasteiger partial charge >= 0.3 is 0 Å². The fourth-order valence-corrected chi connectivity index (χ4v) is 2.35. The smallest absolute Gasteiger partial charge is 0.226 e. The number of aromatic nitrogens is 2. The van der Waals surface area contributed by atoms with Gasteiger partial charge in [-0.1, -0.05) is 19.3 Å². The molecule has 5 heteroatoms. The van der Waals surface area contributed by atoms with Gasteiger partial charge in [0.15, 0.2) is 0 Å². The fourth-order valence-electron chi connectivity index (χ4n) is 2.35. The highest BCUT2D eigenvalue weighted by molar-refractivity contribution is 5.41. The van der Waals surface area contributed by atoms with E-state index in [-0.39, 0.29) is 6.04 Å². The minimum Gasteiger partial charge on any atom is -0.366 e. The van der Waals surface area contributed by atoms with Crippen LogP contribution in [0.3, 0.4) is 0 Å². The monoisotopic (exact) mass is 249 g/mol. The summed E-state index contributed by atoms with van der Waals surface area (Å²) in [5.41, 5.74) is 6.21. The van der Waals surface area contributed by atoms with Crippen LogP contribution in [0.2, 0.25) is 0 Å². The molecule has 2 unspecified atom stereocenters. The zero-order valence-electron chi connectivity index (χ0n) is 11.3. The maximum Gasteiger partial charge on any atom is 0.226 e. The second kappa shape index (κ2) is 6.00. The normalized spacial score (nSPS) is 24.4. The molecule has 1 fully saturated rings. The Morgan fingerprint density at radius 1 is 1.28 bits per heavy atom. The van der Waals surface area contributed by atoms with Crippen LogP contribution in [0.15, 0.2) is 12.3 Å². The molecule has 100 valence electrons. The van der Waals surface area contributed by atoms with Crippen LogP contribution >= 0.6 is 0 Å². The van der Waals surface area contributed by atoms with Crippen molar-refractivity contribution in [3.63, 3.8) is 0 Å². The molecule has 3 N–H and O–H groups in total. The molecule has 1 saturated carbocycles. The van der Waals surface area contributed by atoms with Gasteiger partial charge in [0, 0.05) is 32.4 Å². The van der Waals surface area contributed by atoms with Crippen LogP contribution in [-0.4, -0.2) is 36.1 Å². The summed E-state index contributed by atoms with van der Waals surface area (Å²) in [4.78, 5) is 10.6. The Kier molecular flexibility index (Phi) is 4.36. The first kappa shape index (κ1) is 13.1. The molecular weight excluding hydrogens is 226 g/mol. The molecule has 2 rings (SSSR count). The first-order valence-corrected chi connectivity index (χ1v) is 6.69. The molecule has 0 amide bonds. The van der Waals surface area contributed by atoms with Crippen LogP contribution in [0.25, 0.3) is 0 Å². The topological polar surface area (TPSA) is 67.1 Å². The predicted octanol–water partition coefficient (Wildman–Crippen LogP) is 1.61. The summed E-state index contributed by atoms with van der Waals surface area (Å²) >= 11 is 0. The van der Waals surface area contributed by atoms with E-state index in [1.807, 2.05) is 25.1 Å². The number of hydrogen-bond donors (Lipinski definition) is 2. The van der Waals surface area contributed by atoms with Gasteiger partial charge in [-0.15, -0.1) is 0 Å². The van der Waals surface area contributed by atoms with Crippen molar-refractivity contribution < 1.29 is 0 Å². The maximum atomic E-state index is 6.21. The van der Waals surface area contributed by atoms with E-state index in [4.69, 9.17) is 5.73 Å². The molecule has 0 radical (unpaired) electrons. The third-order valence-corrected chi connectivity index (χ3v) is 3.45. The molecule has 1 aromatic heterocycles. The summed E-state index contributed by atoms with van der Waals surface area (Å²) in [6.07, 6.45) is 7.79. The lowest BCUT2D eigenvalue weighted by Gasteiger charge is -2.23. The largest absolute Gasteiger partial charge is 0.366 e. The molecule has 1 aromatic rings. The van der Waals surface area contributed by atoms with E-state index in [1.54, 1.807) is 6.20 Å². The van der Waals surface area contributed by atoms with Crippen molar-refractivity contribution in [1.82, 2.24) is 9.97 Å². The molecule has 0 aromatic carbocycles. The lowest BCUT2D eigenvalue weighted by Crippen LogP contribution is -2.39. The van der Waals surface area contributed by atoms with Crippen molar-refractivity contribution in [3.05, 3.63) is 12.3 Å². The lowest BCUT2D eigenvalue weighted by atomic mass is 10.0. The van der Waals surface area contributed by atoms with Gasteiger partial charge in [0.2, 0.25) is 5.95 Å². The summed E-state index contributed by atoms with van der Waals surface area (Å²) in [7, 11) is 3.88. The zero-order chi connectivity index (χ0) is 13.0. The molecule has 0 spiro atoms. The molecular formula is C13H23N5. The Hall–Kier alpha value is -1.36. The van der Waals surface area contributed by atoms with Crippen LogP contribution in [-0.2, 0) is 0 Å². The molecule has 0 aliphatic heterocycles. The van der Waals surface area contributed by atoms with E-state index in [2.05, 4.69) is 15.3 Å². The molecule has 1 aliphatic carbocycles. The summed E-state index contributed by atoms with van der Waals surface area (Å²) in [6.45, 7) is 0. The van der Waals surface area contributed by atoms with Crippen LogP contribution in [0.1, 0.15) is 32.1 Å². The Bertz CT molecular complexity index is 379. The Balaban J connectivity index is 2.05. The molecule has 5 nitrogen and oxygen atoms in total. The van der Waals surface area contributed by atoms with Crippen molar-refractivity contribution in [3.8, 4) is 0 Å². The molecule has 1 aliphatic rings. The zero-order valence-corrected chi connectivity index (χ0v) is 11.3. The van der Waals surface area contributed by atoms with E-state index in [0.717, 1.165) is 24.6 Å². The third kappa shape index (κ3) is 3.32. The van der Waals surface area contributed by atoms with Gasteiger partial charge in [0.05, 0.1) is 0 Å². The Morgan fingerprint density at radius 3 is 2.83 bits per heavy atom. The highest BCUT2D eigenvalue weighted by Crippen LogP contribution is 2.20. The second-order valence-corrected chi connectivity index (χ2v) is 5.19. The van der Waals surface area contributed by atoms with Crippen molar-refractivity contribution >= 4 is 11.8 Å². The number of hydrogen-bond acceptors (Lipinski definition) is 5. The van der Waals surface area contributed by atoms with Gasteiger partial charge in [-0.25, -0.2) is 4.98 Å². The van der Waals surface area contributed by atoms with E-state index in [9.17, 15) is 0 Å². The van der Waals surface area contributed by atoms with Crippen molar-refractivity contribution in [2.24, 2.45) is 5.73 Å². The van der Waals surface area contributed by atoms with Gasteiger partial charge in [0.25, 0.3) is 0 Å². The number of anilines is 2. The van der Waals surface area contributed by atoms with E-state index < -0.39 is 0 Å². The third-order valence-electron chi connectivity index (χ3n) is 3.45. The number of nitrogens with two attached hydrogens (primary N) is 1. The minimum atomic E-state index is 0.227. The van der Waals surface area contributed by atoms with Crippen LogP contribution in [0.4, 0.5) is 11.8 Å². The first-order valence-electron chi connectivity index (χ1n) is 6.69. The van der Waals surface area contributed by atoms with E-state index >= 15 is 0 Å². The summed E-state index contributed by atoms with van der Waals surface area (Å²) in [6, 6.07) is 2.47. The summed E-state index contributed by atoms with van der Waals surface area (Å²) in [5, 5.41) is 3.46.